The van der Waals surface area contributed by atoms with Crippen LogP contribution in [0.15, 0.2) is 0 Å². The van der Waals surface area contributed by atoms with E-state index in [0.29, 0.717) is 74.8 Å². The number of likely N-dealkylation sites (tertiary alicyclic amines) is 5. The van der Waals surface area contributed by atoms with Crippen LogP contribution in [0.3, 0.4) is 0 Å². The van der Waals surface area contributed by atoms with Crippen molar-refractivity contribution < 1.29 is 71.5 Å². The molecule has 5 saturated heterocycles. The van der Waals surface area contributed by atoms with Gasteiger partial charge < -0.3 is 67.1 Å². The van der Waals surface area contributed by atoms with Crippen molar-refractivity contribution in [2.45, 2.75) is 114 Å². The third-order valence-corrected chi connectivity index (χ3v) is 11.8. The minimum absolute atomic E-state index is 0.268. The molecule has 0 aromatic heterocycles. The number of ether oxygens (including phenoxy) is 9. The van der Waals surface area contributed by atoms with Gasteiger partial charge in [-0.25, -0.2) is 4.39 Å². The molecule has 0 bridgehead atoms. The number of quaternary nitrogens is 5. The maximum absolute atomic E-state index is 12.7. The Balaban J connectivity index is 0.000000356. The van der Waals surface area contributed by atoms with E-state index in [4.69, 9.17) is 42.6 Å². The minimum Gasteiger partial charge on any atom is -0.461 e. The second kappa shape index (κ2) is 32.1. The summed E-state index contributed by atoms with van der Waals surface area (Å²) in [6, 6.07) is 2.25. The number of hydrogen-bond donors (Lipinski definition) is 5. The van der Waals surface area contributed by atoms with Gasteiger partial charge in [0.05, 0.1) is 89.9 Å². The molecule has 342 valence electrons. The molecule has 15 heteroatoms. The summed E-state index contributed by atoms with van der Waals surface area (Å²) in [5, 5.41) is 0. The number of halogens is 1. The Kier molecular flexibility index (Phi) is 30.7. The van der Waals surface area contributed by atoms with Gasteiger partial charge in [-0.1, -0.05) is 0 Å². The maximum Gasteiger partial charge on any atom is 0.152 e. The summed E-state index contributed by atoms with van der Waals surface area (Å²) < 4.78 is 59.9. The van der Waals surface area contributed by atoms with Gasteiger partial charge in [0.1, 0.15) is 30.5 Å². The summed E-state index contributed by atoms with van der Waals surface area (Å²) in [6.45, 7) is 16.7. The number of alkyl halides is 1. The zero-order valence-electron chi connectivity index (χ0n) is 37.6. The van der Waals surface area contributed by atoms with Crippen molar-refractivity contribution in [3.8, 4) is 0 Å². The lowest BCUT2D eigenvalue weighted by Crippen LogP contribution is -3.10. The van der Waals surface area contributed by atoms with Crippen LogP contribution in [0.1, 0.15) is 52.9 Å². The lowest BCUT2D eigenvalue weighted by molar-refractivity contribution is -0.869. The summed E-state index contributed by atoms with van der Waals surface area (Å²) in [4.78, 5) is 6.15. The first-order valence-corrected chi connectivity index (χ1v) is 21.2. The highest BCUT2D eigenvalue weighted by molar-refractivity contribution is 4.75. The molecule has 5 fully saturated rings. The van der Waals surface area contributed by atoms with E-state index in [2.05, 4.69) is 35.2 Å². The fourth-order valence-corrected chi connectivity index (χ4v) is 8.02. The van der Waals surface area contributed by atoms with Crippen LogP contribution in [-0.2, 0) is 42.6 Å². The Morgan fingerprint density at radius 2 is 0.842 bits per heavy atom. The molecule has 0 aliphatic carbocycles. The summed E-state index contributed by atoms with van der Waals surface area (Å²) in [5.41, 5.74) is 0. The zero-order valence-corrected chi connectivity index (χ0v) is 37.6. The third kappa shape index (κ3) is 21.1. The van der Waals surface area contributed by atoms with Gasteiger partial charge in [-0.05, 0) is 20.8 Å². The van der Waals surface area contributed by atoms with Gasteiger partial charge in [0.25, 0.3) is 0 Å². The van der Waals surface area contributed by atoms with E-state index in [1.54, 1.807) is 42.7 Å². The third-order valence-electron chi connectivity index (χ3n) is 11.8. The highest BCUT2D eigenvalue weighted by Gasteiger charge is 2.34. The zero-order chi connectivity index (χ0) is 42.8. The van der Waals surface area contributed by atoms with Crippen molar-refractivity contribution in [2.75, 3.05) is 128 Å². The largest absolute Gasteiger partial charge is 0.461 e. The normalized spacial score (nSPS) is 37.0. The number of nitrogens with one attached hydrogen (secondary N) is 5. The van der Waals surface area contributed by atoms with E-state index >= 15 is 0 Å². The fraction of sp³-hybridized carbons (Fsp3) is 0.881. The van der Waals surface area contributed by atoms with E-state index in [9.17, 15) is 4.39 Å². The average Bonchev–Trinajstić information content (AvgIpc) is 4.02. The highest BCUT2D eigenvalue weighted by atomic mass is 19.1. The number of rotatable bonds is 17. The first kappa shape index (κ1) is 54.4. The van der Waals surface area contributed by atoms with Crippen LogP contribution in [-0.4, -0.2) is 189 Å². The molecule has 5 rings (SSSR count). The molecule has 5 aliphatic rings. The Morgan fingerprint density at radius 3 is 1.14 bits per heavy atom. The van der Waals surface area contributed by atoms with E-state index in [1.807, 2.05) is 20.8 Å². The Bertz CT molecular complexity index is 924. The predicted octanol–water partition coefficient (Wildman–Crippen LogP) is -3.02. The second-order valence-electron chi connectivity index (χ2n) is 15.8. The van der Waals surface area contributed by atoms with Crippen molar-refractivity contribution in [3.63, 3.8) is 0 Å². The number of hydrogen-bond acceptors (Lipinski definition) is 9. The second-order valence-corrected chi connectivity index (χ2v) is 15.8. The van der Waals surface area contributed by atoms with Gasteiger partial charge in [-0.15, -0.1) is 0 Å². The van der Waals surface area contributed by atoms with Crippen LogP contribution in [0.4, 0.5) is 4.39 Å². The van der Waals surface area contributed by atoms with E-state index in [1.165, 1.54) is 19.6 Å². The van der Waals surface area contributed by atoms with Gasteiger partial charge >= 0.3 is 0 Å². The summed E-state index contributed by atoms with van der Waals surface area (Å²) in [7, 11) is 30.4. The Morgan fingerprint density at radius 1 is 0.474 bits per heavy atom. The lowest BCUT2D eigenvalue weighted by atomic mass is 10.2. The molecule has 14 nitrogen and oxygen atoms in total. The molecule has 0 aromatic rings. The Labute approximate surface area is 348 Å². The summed E-state index contributed by atoms with van der Waals surface area (Å²) >= 11 is 0. The predicted molar refractivity (Wildman–Crippen MR) is 219 cm³/mol. The van der Waals surface area contributed by atoms with Crippen molar-refractivity contribution in [3.05, 3.63) is 35.2 Å². The first-order valence-electron chi connectivity index (χ1n) is 21.2. The van der Waals surface area contributed by atoms with Crippen LogP contribution in [0.2, 0.25) is 0 Å². The topological polar surface area (TPSA) is 105 Å². The smallest absolute Gasteiger partial charge is 0.152 e. The molecule has 5 N–H and O–H groups in total. The van der Waals surface area contributed by atoms with Gasteiger partial charge in [-0.2, -0.15) is 35.2 Å². The highest BCUT2D eigenvalue weighted by Crippen LogP contribution is 2.08. The van der Waals surface area contributed by atoms with Gasteiger partial charge in [0.15, 0.2) is 6.17 Å². The van der Waals surface area contributed by atoms with E-state index in [0.717, 1.165) is 96.4 Å². The van der Waals surface area contributed by atoms with Crippen molar-refractivity contribution in [1.82, 2.24) is 0 Å². The molecule has 5 aliphatic heterocycles. The fourth-order valence-electron chi connectivity index (χ4n) is 8.02. The van der Waals surface area contributed by atoms with Crippen LogP contribution >= 0.6 is 0 Å². The number of methoxy groups -OCH3 is 6. The molecule has 0 aromatic carbocycles. The molecule has 5 heterocycles. The van der Waals surface area contributed by atoms with E-state index in [-0.39, 0.29) is 6.04 Å². The molecule has 15 atom stereocenters. The van der Waals surface area contributed by atoms with Crippen LogP contribution in [0.25, 0.3) is 0 Å². The molecular formula is C42H88FN5O9. The SMILES string of the molecule is [CH2-][NH+]1CC[C@H](OC)[C@H]1COC.[CH2-][NH+]1C[C@@H](F)C[C@H]1COCC.[CH2-][NH+]1C[C@@H](OC)C[C@H]1COCC.[CH2-][NH+]1C[C@H](OC)C[C@H]1COC.[CH2-][NH+]1C[C@H](OC)C[C@H]1COCC. The van der Waals surface area contributed by atoms with Crippen LogP contribution < -0.4 is 24.5 Å². The van der Waals surface area contributed by atoms with Gasteiger partial charge in [0.2, 0.25) is 0 Å². The molecular weight excluding hydrogens is 737 g/mol. The average molecular weight is 826 g/mol. The molecule has 5 unspecified atom stereocenters. The van der Waals surface area contributed by atoms with Gasteiger partial charge in [-0.3, -0.25) is 0 Å². The minimum atomic E-state index is -0.673. The Hall–Kier alpha value is -0.630. The van der Waals surface area contributed by atoms with Crippen LogP contribution in [0.5, 0.6) is 0 Å². The van der Waals surface area contributed by atoms with Crippen molar-refractivity contribution in [1.29, 1.82) is 0 Å². The van der Waals surface area contributed by atoms with Gasteiger partial charge in [0, 0.05) is 94.6 Å². The van der Waals surface area contributed by atoms with Crippen LogP contribution in [0, 0.1) is 35.2 Å². The monoisotopic (exact) mass is 826 g/mol. The molecule has 0 radical (unpaired) electrons. The molecule has 57 heavy (non-hydrogen) atoms. The summed E-state index contributed by atoms with van der Waals surface area (Å²) in [5.74, 6) is 0. The lowest BCUT2D eigenvalue weighted by Gasteiger charge is -2.25. The summed E-state index contributed by atoms with van der Waals surface area (Å²) in [6.07, 6.45) is 5.74. The van der Waals surface area contributed by atoms with Crippen molar-refractivity contribution in [2.24, 2.45) is 0 Å². The standard InChI is InChI=1S/2C9H19NO2.C8H16FNO.2C8H17NO2/c2*1-4-12-7-8-5-9(11-3)6-10(8)2;1-3-11-6-8-4-7(9)5-10(8)2;1-9-5-8(11-3)4-7(9)6-10-2;1-9-5-4-8(11-3)7(9)6-10-2/h2*8-10H,2,4-7H2,1,3H3;7-8,10H,2-6H2,1H3;2*7-9H,1,4-6H2,2-3H3/t8-,9+;8-,9-;7-,8-;2*7-,8+/m00001/s1. The maximum atomic E-state index is 12.7. The van der Waals surface area contributed by atoms with Crippen molar-refractivity contribution >= 4 is 0 Å². The quantitative estimate of drug-likeness (QED) is 0.0983. The first-order chi connectivity index (χ1) is 27.4. The van der Waals surface area contributed by atoms with E-state index < -0.39 is 6.17 Å². The molecule has 0 spiro atoms. The molecule has 0 amide bonds. The molecule has 0 saturated carbocycles.